The van der Waals surface area contributed by atoms with Gasteiger partial charge in [-0.25, -0.2) is 0 Å². The third-order valence-electron chi connectivity index (χ3n) is 10.4. The number of nitrogens with zero attached hydrogens (tertiary/aromatic N) is 1. The van der Waals surface area contributed by atoms with Gasteiger partial charge in [0.15, 0.2) is 0 Å². The van der Waals surface area contributed by atoms with Gasteiger partial charge in [-0.1, -0.05) is 164 Å². The van der Waals surface area contributed by atoms with Crippen LogP contribution in [0.4, 0.5) is 0 Å². The standard InChI is InChI=1S/C50H33N/c1-4-15-34(16-5-1)37-21-14-22-40(31-37)51-47-26-13-12-23-41(47)45-32-39(28-30-48(45)51)38-27-29-44-46(33-38)50(36-19-8-3-9-20-36)43-25-11-10-24-42(43)49(44)35-17-6-2-7-18-35/h1-33H. The van der Waals surface area contributed by atoms with Crippen molar-refractivity contribution in [3.63, 3.8) is 0 Å². The summed E-state index contributed by atoms with van der Waals surface area (Å²) < 4.78 is 2.41. The van der Waals surface area contributed by atoms with E-state index < -0.39 is 0 Å². The second kappa shape index (κ2) is 12.0. The molecule has 1 aromatic heterocycles. The summed E-state index contributed by atoms with van der Waals surface area (Å²) in [6.07, 6.45) is 0. The zero-order valence-corrected chi connectivity index (χ0v) is 28.0. The van der Waals surface area contributed by atoms with Gasteiger partial charge in [-0.05, 0) is 102 Å². The molecule has 0 unspecified atom stereocenters. The SMILES string of the molecule is c1ccc(-c2cccc(-n3c4ccccc4c4cc(-c5ccc6c(-c7ccccc7)c7ccccc7c(-c7ccccc7)c6c5)ccc43)c2)cc1. The lowest BCUT2D eigenvalue weighted by Crippen LogP contribution is -1.94. The van der Waals surface area contributed by atoms with Gasteiger partial charge >= 0.3 is 0 Å². The van der Waals surface area contributed by atoms with Crippen LogP contribution in [0.2, 0.25) is 0 Å². The Hall–Kier alpha value is -6.70. The predicted octanol–water partition coefficient (Wildman–Crippen LogP) is 13.8. The van der Waals surface area contributed by atoms with Crippen molar-refractivity contribution in [2.24, 2.45) is 0 Å². The van der Waals surface area contributed by atoms with Crippen LogP contribution in [-0.2, 0) is 0 Å². The fourth-order valence-electron chi connectivity index (χ4n) is 8.08. The molecule has 0 radical (unpaired) electrons. The zero-order chi connectivity index (χ0) is 33.7. The van der Waals surface area contributed by atoms with Crippen LogP contribution in [-0.4, -0.2) is 4.57 Å². The van der Waals surface area contributed by atoms with Crippen molar-refractivity contribution in [1.82, 2.24) is 4.57 Å². The van der Waals surface area contributed by atoms with E-state index in [9.17, 15) is 0 Å². The summed E-state index contributed by atoms with van der Waals surface area (Å²) in [5, 5.41) is 7.56. The molecule has 0 amide bonds. The van der Waals surface area contributed by atoms with Gasteiger partial charge in [0.1, 0.15) is 0 Å². The summed E-state index contributed by atoms with van der Waals surface area (Å²) in [6.45, 7) is 0. The summed E-state index contributed by atoms with van der Waals surface area (Å²) in [7, 11) is 0. The summed E-state index contributed by atoms with van der Waals surface area (Å²) >= 11 is 0. The van der Waals surface area contributed by atoms with E-state index in [1.807, 2.05) is 0 Å². The molecule has 0 N–H and O–H groups in total. The van der Waals surface area contributed by atoms with Crippen molar-refractivity contribution in [1.29, 1.82) is 0 Å². The van der Waals surface area contributed by atoms with E-state index in [1.165, 1.54) is 87.9 Å². The average molecular weight is 648 g/mol. The second-order valence-electron chi connectivity index (χ2n) is 13.3. The summed E-state index contributed by atoms with van der Waals surface area (Å²) in [4.78, 5) is 0. The maximum atomic E-state index is 2.42. The molecule has 9 aromatic carbocycles. The van der Waals surface area contributed by atoms with Gasteiger partial charge in [0.25, 0.3) is 0 Å². The third kappa shape index (κ3) is 4.86. The molecule has 0 aliphatic heterocycles. The number of para-hydroxylation sites is 1. The predicted molar refractivity (Wildman–Crippen MR) is 218 cm³/mol. The lowest BCUT2D eigenvalue weighted by atomic mass is 9.85. The van der Waals surface area contributed by atoms with E-state index in [-0.39, 0.29) is 0 Å². The molecule has 238 valence electrons. The Balaban J connectivity index is 1.21. The minimum Gasteiger partial charge on any atom is -0.309 e. The molecule has 10 rings (SSSR count). The van der Waals surface area contributed by atoms with Crippen LogP contribution in [0.3, 0.4) is 0 Å². The molecule has 0 saturated heterocycles. The summed E-state index contributed by atoms with van der Waals surface area (Å²) in [6, 6.07) is 72.9. The van der Waals surface area contributed by atoms with Crippen molar-refractivity contribution in [3.05, 3.63) is 200 Å². The molecule has 1 heterocycles. The molecule has 0 bridgehead atoms. The van der Waals surface area contributed by atoms with Crippen LogP contribution in [0, 0.1) is 0 Å². The number of benzene rings is 9. The number of hydrogen-bond acceptors (Lipinski definition) is 0. The zero-order valence-electron chi connectivity index (χ0n) is 28.0. The molecule has 1 nitrogen and oxygen atoms in total. The molecule has 0 atom stereocenters. The van der Waals surface area contributed by atoms with Gasteiger partial charge < -0.3 is 4.57 Å². The Morgan fingerprint density at radius 2 is 0.686 bits per heavy atom. The monoisotopic (exact) mass is 647 g/mol. The van der Waals surface area contributed by atoms with Crippen molar-refractivity contribution < 1.29 is 0 Å². The van der Waals surface area contributed by atoms with Crippen LogP contribution in [0.1, 0.15) is 0 Å². The quantitative estimate of drug-likeness (QED) is 0.164. The van der Waals surface area contributed by atoms with E-state index in [1.54, 1.807) is 0 Å². The first kappa shape index (κ1) is 29.2. The van der Waals surface area contributed by atoms with Crippen LogP contribution in [0.5, 0.6) is 0 Å². The molecule has 0 spiro atoms. The fourth-order valence-corrected chi connectivity index (χ4v) is 8.08. The van der Waals surface area contributed by atoms with E-state index >= 15 is 0 Å². The first-order valence-electron chi connectivity index (χ1n) is 17.6. The minimum atomic E-state index is 1.16. The Morgan fingerprint density at radius 3 is 1.35 bits per heavy atom. The largest absolute Gasteiger partial charge is 0.309 e. The van der Waals surface area contributed by atoms with Gasteiger partial charge in [-0.15, -0.1) is 0 Å². The lowest BCUT2D eigenvalue weighted by molar-refractivity contribution is 1.18. The molecule has 51 heavy (non-hydrogen) atoms. The van der Waals surface area contributed by atoms with Gasteiger partial charge in [0.2, 0.25) is 0 Å². The Morgan fingerprint density at radius 1 is 0.235 bits per heavy atom. The van der Waals surface area contributed by atoms with Gasteiger partial charge in [0.05, 0.1) is 11.0 Å². The van der Waals surface area contributed by atoms with Crippen molar-refractivity contribution >= 4 is 43.4 Å². The highest BCUT2D eigenvalue weighted by Gasteiger charge is 2.18. The molecule has 0 fully saturated rings. The van der Waals surface area contributed by atoms with Crippen molar-refractivity contribution in [3.8, 4) is 50.2 Å². The van der Waals surface area contributed by atoms with Crippen molar-refractivity contribution in [2.75, 3.05) is 0 Å². The fraction of sp³-hybridized carbons (Fsp3) is 0. The van der Waals surface area contributed by atoms with Crippen molar-refractivity contribution in [2.45, 2.75) is 0 Å². The van der Waals surface area contributed by atoms with Crippen LogP contribution in [0.25, 0.3) is 93.5 Å². The van der Waals surface area contributed by atoms with Gasteiger partial charge in [-0.3, -0.25) is 0 Å². The first-order chi connectivity index (χ1) is 25.3. The van der Waals surface area contributed by atoms with Crippen LogP contribution >= 0.6 is 0 Å². The molecular formula is C50H33N. The maximum Gasteiger partial charge on any atom is 0.0541 e. The average Bonchev–Trinajstić information content (AvgIpc) is 3.54. The van der Waals surface area contributed by atoms with E-state index in [0.29, 0.717) is 0 Å². The number of fused-ring (bicyclic) bond motifs is 5. The molecule has 0 aliphatic carbocycles. The van der Waals surface area contributed by atoms with E-state index in [4.69, 9.17) is 0 Å². The minimum absolute atomic E-state index is 1.16. The Kier molecular flexibility index (Phi) is 6.89. The molecule has 10 aromatic rings. The highest BCUT2D eigenvalue weighted by Crippen LogP contribution is 2.45. The highest BCUT2D eigenvalue weighted by molar-refractivity contribution is 6.22. The van der Waals surface area contributed by atoms with Crippen LogP contribution < -0.4 is 0 Å². The lowest BCUT2D eigenvalue weighted by Gasteiger charge is -2.18. The number of hydrogen-bond donors (Lipinski definition) is 0. The third-order valence-corrected chi connectivity index (χ3v) is 10.4. The molecule has 0 aliphatic rings. The molecule has 0 saturated carbocycles. The number of aromatic nitrogens is 1. The number of rotatable bonds is 5. The van der Waals surface area contributed by atoms with E-state index in [2.05, 4.69) is 205 Å². The van der Waals surface area contributed by atoms with E-state index in [0.717, 1.165) is 5.69 Å². The smallest absolute Gasteiger partial charge is 0.0541 e. The Labute approximate surface area is 297 Å². The highest BCUT2D eigenvalue weighted by atomic mass is 15.0. The van der Waals surface area contributed by atoms with Gasteiger partial charge in [0, 0.05) is 16.5 Å². The van der Waals surface area contributed by atoms with Crippen LogP contribution in [0.15, 0.2) is 200 Å². The molecule has 1 heteroatoms. The second-order valence-corrected chi connectivity index (χ2v) is 13.3. The van der Waals surface area contributed by atoms with Gasteiger partial charge in [-0.2, -0.15) is 0 Å². The first-order valence-corrected chi connectivity index (χ1v) is 17.6. The topological polar surface area (TPSA) is 4.93 Å². The maximum absolute atomic E-state index is 2.42. The summed E-state index contributed by atoms with van der Waals surface area (Å²) in [5.41, 5.74) is 13.4. The Bertz CT molecular complexity index is 2880. The normalized spacial score (nSPS) is 11.5. The molecular weight excluding hydrogens is 615 g/mol. The summed E-state index contributed by atoms with van der Waals surface area (Å²) in [5.74, 6) is 0.